The third kappa shape index (κ3) is 4.62. The lowest BCUT2D eigenvalue weighted by molar-refractivity contribution is 0.617. The van der Waals surface area contributed by atoms with Crippen LogP contribution in [0, 0.1) is 11.6 Å². The van der Waals surface area contributed by atoms with Crippen LogP contribution in [-0.2, 0) is 13.0 Å². The van der Waals surface area contributed by atoms with Crippen molar-refractivity contribution in [1.29, 1.82) is 0 Å². The van der Waals surface area contributed by atoms with Crippen molar-refractivity contribution in [2.75, 3.05) is 6.54 Å². The number of rotatable bonds is 5. The van der Waals surface area contributed by atoms with E-state index in [1.54, 1.807) is 12.1 Å². The summed E-state index contributed by atoms with van der Waals surface area (Å²) >= 11 is 5.77. The maximum Gasteiger partial charge on any atom is 0.125 e. The predicted molar refractivity (Wildman–Crippen MR) is 73.2 cm³/mol. The zero-order valence-electron chi connectivity index (χ0n) is 10.3. The Kier molecular flexibility index (Phi) is 4.88. The molecule has 0 aliphatic heterocycles. The topological polar surface area (TPSA) is 12.0 Å². The van der Waals surface area contributed by atoms with Gasteiger partial charge in [-0.25, -0.2) is 8.78 Å². The summed E-state index contributed by atoms with van der Waals surface area (Å²) < 4.78 is 26.0. The molecule has 0 bridgehead atoms. The molecule has 0 fully saturated rings. The lowest BCUT2D eigenvalue weighted by Gasteiger charge is -2.06. The summed E-state index contributed by atoms with van der Waals surface area (Å²) in [6.45, 7) is 1.23. The molecule has 0 spiro atoms. The van der Waals surface area contributed by atoms with Gasteiger partial charge in [0, 0.05) is 11.6 Å². The lowest BCUT2D eigenvalue weighted by atomic mass is 10.1. The summed E-state index contributed by atoms with van der Waals surface area (Å²) in [5.74, 6) is -0.566. The molecule has 19 heavy (non-hydrogen) atoms. The van der Waals surface area contributed by atoms with Crippen molar-refractivity contribution in [1.82, 2.24) is 5.32 Å². The van der Waals surface area contributed by atoms with Gasteiger partial charge in [-0.1, -0.05) is 23.7 Å². The Morgan fingerprint density at radius 2 is 1.74 bits per heavy atom. The Hall–Kier alpha value is -1.45. The summed E-state index contributed by atoms with van der Waals surface area (Å²) in [5.41, 5.74) is 1.73. The summed E-state index contributed by atoms with van der Waals surface area (Å²) in [7, 11) is 0. The third-order valence-corrected chi connectivity index (χ3v) is 2.95. The molecule has 100 valence electrons. The maximum absolute atomic E-state index is 13.1. The molecule has 0 atom stereocenters. The van der Waals surface area contributed by atoms with Gasteiger partial charge < -0.3 is 5.32 Å². The highest BCUT2D eigenvalue weighted by atomic mass is 35.5. The van der Waals surface area contributed by atoms with Crippen molar-refractivity contribution in [2.24, 2.45) is 0 Å². The van der Waals surface area contributed by atoms with Crippen molar-refractivity contribution in [3.63, 3.8) is 0 Å². The molecular weight excluding hydrogens is 268 g/mol. The smallest absolute Gasteiger partial charge is 0.125 e. The summed E-state index contributed by atoms with van der Waals surface area (Å²) in [6, 6.07) is 11.0. The summed E-state index contributed by atoms with van der Waals surface area (Å²) in [5, 5.41) is 3.57. The van der Waals surface area contributed by atoms with Crippen LogP contribution in [0.3, 0.4) is 0 Å². The first-order valence-corrected chi connectivity index (χ1v) is 6.41. The minimum Gasteiger partial charge on any atom is -0.312 e. The predicted octanol–water partition coefficient (Wildman–Crippen LogP) is 3.95. The van der Waals surface area contributed by atoms with Gasteiger partial charge in [-0.3, -0.25) is 0 Å². The van der Waals surface area contributed by atoms with E-state index >= 15 is 0 Å². The average molecular weight is 282 g/mol. The molecule has 2 aromatic rings. The highest BCUT2D eigenvalue weighted by Gasteiger charge is 2.00. The van der Waals surface area contributed by atoms with Crippen LogP contribution in [-0.4, -0.2) is 6.54 Å². The number of nitrogens with one attached hydrogen (secondary N) is 1. The van der Waals surface area contributed by atoms with Crippen LogP contribution in [0.4, 0.5) is 8.78 Å². The van der Waals surface area contributed by atoms with Crippen LogP contribution in [0.5, 0.6) is 0 Å². The Morgan fingerprint density at radius 3 is 2.47 bits per heavy atom. The van der Waals surface area contributed by atoms with Gasteiger partial charge in [0.15, 0.2) is 0 Å². The molecule has 4 heteroatoms. The molecule has 0 unspecified atom stereocenters. The van der Waals surface area contributed by atoms with Crippen LogP contribution in [0.1, 0.15) is 11.1 Å². The standard InChI is InChI=1S/C15H14ClF2N/c16-13-6-12(8-15(18)9-13)10-19-5-4-11-2-1-3-14(17)7-11/h1-3,6-9,19H,4-5,10H2. The van der Waals surface area contributed by atoms with Gasteiger partial charge in [-0.05, 0) is 54.4 Å². The van der Waals surface area contributed by atoms with E-state index in [1.165, 1.54) is 24.3 Å². The fourth-order valence-corrected chi connectivity index (χ4v) is 2.12. The average Bonchev–Trinajstić information content (AvgIpc) is 2.34. The van der Waals surface area contributed by atoms with Gasteiger partial charge in [-0.2, -0.15) is 0 Å². The number of hydrogen-bond donors (Lipinski definition) is 1. The van der Waals surface area contributed by atoms with E-state index in [0.717, 1.165) is 17.5 Å². The molecule has 0 heterocycles. The van der Waals surface area contributed by atoms with E-state index in [1.807, 2.05) is 6.07 Å². The molecule has 0 aliphatic rings. The van der Waals surface area contributed by atoms with Crippen molar-refractivity contribution in [2.45, 2.75) is 13.0 Å². The van der Waals surface area contributed by atoms with E-state index in [9.17, 15) is 8.78 Å². The molecule has 0 aromatic heterocycles. The minimum absolute atomic E-state index is 0.227. The second kappa shape index (κ2) is 6.64. The monoisotopic (exact) mass is 281 g/mol. The van der Waals surface area contributed by atoms with Gasteiger partial charge in [0.2, 0.25) is 0 Å². The summed E-state index contributed by atoms with van der Waals surface area (Å²) in [4.78, 5) is 0. The normalized spacial score (nSPS) is 10.7. The van der Waals surface area contributed by atoms with Gasteiger partial charge in [-0.15, -0.1) is 0 Å². The number of halogens is 3. The van der Waals surface area contributed by atoms with Crippen LogP contribution in [0.25, 0.3) is 0 Å². The Morgan fingerprint density at radius 1 is 0.947 bits per heavy atom. The molecule has 1 N–H and O–H groups in total. The van der Waals surface area contributed by atoms with E-state index in [2.05, 4.69) is 5.32 Å². The van der Waals surface area contributed by atoms with Crippen molar-refractivity contribution >= 4 is 11.6 Å². The van der Waals surface area contributed by atoms with Crippen LogP contribution in [0.15, 0.2) is 42.5 Å². The first kappa shape index (κ1) is 14.0. The molecule has 0 saturated carbocycles. The van der Waals surface area contributed by atoms with Crippen LogP contribution < -0.4 is 5.32 Å². The molecule has 2 rings (SSSR count). The first-order valence-electron chi connectivity index (χ1n) is 6.03. The zero-order valence-corrected chi connectivity index (χ0v) is 11.1. The SMILES string of the molecule is Fc1cccc(CCNCc2cc(F)cc(Cl)c2)c1. The Bertz CT molecular complexity index is 537. The zero-order chi connectivity index (χ0) is 13.7. The van der Waals surface area contributed by atoms with Gasteiger partial charge in [0.1, 0.15) is 11.6 Å². The Balaban J connectivity index is 1.80. The van der Waals surface area contributed by atoms with E-state index < -0.39 is 0 Å². The fourth-order valence-electron chi connectivity index (χ4n) is 1.87. The van der Waals surface area contributed by atoms with Gasteiger partial charge >= 0.3 is 0 Å². The van der Waals surface area contributed by atoms with Crippen molar-refractivity contribution in [3.8, 4) is 0 Å². The third-order valence-electron chi connectivity index (χ3n) is 2.73. The van der Waals surface area contributed by atoms with Crippen LogP contribution >= 0.6 is 11.6 Å². The highest BCUT2D eigenvalue weighted by Crippen LogP contribution is 2.13. The minimum atomic E-state index is -0.338. The fraction of sp³-hybridized carbons (Fsp3) is 0.200. The second-order valence-corrected chi connectivity index (χ2v) is 4.77. The molecule has 0 aliphatic carbocycles. The molecule has 2 aromatic carbocycles. The first-order chi connectivity index (χ1) is 9.13. The second-order valence-electron chi connectivity index (χ2n) is 4.33. The molecular formula is C15H14ClF2N. The van der Waals surface area contributed by atoms with Crippen molar-refractivity contribution < 1.29 is 8.78 Å². The number of hydrogen-bond acceptors (Lipinski definition) is 1. The molecule has 0 radical (unpaired) electrons. The molecule has 0 amide bonds. The highest BCUT2D eigenvalue weighted by molar-refractivity contribution is 6.30. The maximum atomic E-state index is 13.1. The summed E-state index contributed by atoms with van der Waals surface area (Å²) in [6.07, 6.45) is 0.723. The molecule has 0 saturated heterocycles. The van der Waals surface area contributed by atoms with E-state index in [0.29, 0.717) is 18.1 Å². The largest absolute Gasteiger partial charge is 0.312 e. The lowest BCUT2D eigenvalue weighted by Crippen LogP contribution is -2.16. The van der Waals surface area contributed by atoms with Crippen LogP contribution in [0.2, 0.25) is 5.02 Å². The molecule has 1 nitrogen and oxygen atoms in total. The van der Waals surface area contributed by atoms with Crippen molar-refractivity contribution in [3.05, 3.63) is 70.2 Å². The van der Waals surface area contributed by atoms with E-state index in [4.69, 9.17) is 11.6 Å². The van der Waals surface area contributed by atoms with Gasteiger partial charge in [0.25, 0.3) is 0 Å². The Labute approximate surface area is 116 Å². The number of benzene rings is 2. The van der Waals surface area contributed by atoms with E-state index in [-0.39, 0.29) is 11.6 Å². The van der Waals surface area contributed by atoms with Gasteiger partial charge in [0.05, 0.1) is 0 Å². The quantitative estimate of drug-likeness (QED) is 0.818.